The van der Waals surface area contributed by atoms with Gasteiger partial charge in [0.1, 0.15) is 23.0 Å². The third-order valence-electron chi connectivity index (χ3n) is 6.48. The Hall–Kier alpha value is -4.18. The number of phenolic OH excluding ortho intramolecular Hbond substituents is 4. The molecule has 5 rings (SSSR count). The number of hydrogen-bond donors (Lipinski definition) is 4. The number of phenols is 4. The minimum absolute atomic E-state index is 0.110. The monoisotopic (exact) mass is 452 g/mol. The molecule has 0 amide bonds. The first-order chi connectivity index (χ1) is 16.3. The third kappa shape index (κ3) is 4.76. The molecule has 5 aromatic carbocycles. The second-order valence-corrected chi connectivity index (χ2v) is 8.69. The molecule has 0 atom stereocenters. The second kappa shape index (κ2) is 9.36. The van der Waals surface area contributed by atoms with Gasteiger partial charge in [0, 0.05) is 5.41 Å². The zero-order valence-electron chi connectivity index (χ0n) is 19.2. The summed E-state index contributed by atoms with van der Waals surface area (Å²) in [6.07, 6.45) is 0.947. The molecule has 0 bridgehead atoms. The number of aromatic hydroxyl groups is 4. The van der Waals surface area contributed by atoms with Crippen molar-refractivity contribution in [3.05, 3.63) is 108 Å². The molecule has 0 aromatic heterocycles. The summed E-state index contributed by atoms with van der Waals surface area (Å²) in [7, 11) is 0. The summed E-state index contributed by atoms with van der Waals surface area (Å²) in [6.45, 7) is 4.31. The molecule has 172 valence electrons. The van der Waals surface area contributed by atoms with Crippen molar-refractivity contribution >= 4 is 21.5 Å². The molecular formula is C30H28O4. The topological polar surface area (TPSA) is 80.9 Å². The number of benzene rings is 5. The molecule has 0 heterocycles. The Morgan fingerprint density at radius 2 is 0.824 bits per heavy atom. The lowest BCUT2D eigenvalue weighted by molar-refractivity contribution is 0.472. The average Bonchev–Trinajstić information content (AvgIpc) is 2.83. The summed E-state index contributed by atoms with van der Waals surface area (Å²) in [5.41, 5.74) is 2.21. The Kier molecular flexibility index (Phi) is 6.33. The summed E-state index contributed by atoms with van der Waals surface area (Å²) < 4.78 is 0. The molecule has 4 nitrogen and oxygen atoms in total. The molecule has 0 unspecified atom stereocenters. The maximum Gasteiger partial charge on any atom is 0.116 e. The van der Waals surface area contributed by atoms with E-state index in [0.29, 0.717) is 0 Å². The Morgan fingerprint density at radius 1 is 0.471 bits per heavy atom. The van der Waals surface area contributed by atoms with E-state index in [4.69, 9.17) is 0 Å². The maximum atomic E-state index is 9.41. The van der Waals surface area contributed by atoms with Crippen LogP contribution in [-0.2, 0) is 5.41 Å². The van der Waals surface area contributed by atoms with Crippen LogP contribution >= 0.6 is 0 Å². The first-order valence-corrected chi connectivity index (χ1v) is 11.2. The van der Waals surface area contributed by atoms with Crippen molar-refractivity contribution in [2.24, 2.45) is 0 Å². The molecule has 4 N–H and O–H groups in total. The van der Waals surface area contributed by atoms with Crippen LogP contribution in [0.3, 0.4) is 0 Å². The van der Waals surface area contributed by atoms with Crippen LogP contribution in [0.5, 0.6) is 23.0 Å². The molecule has 4 heteroatoms. The van der Waals surface area contributed by atoms with Gasteiger partial charge in [-0.2, -0.15) is 0 Å². The predicted molar refractivity (Wildman–Crippen MR) is 138 cm³/mol. The normalized spacial score (nSPS) is 11.2. The first kappa shape index (κ1) is 23.0. The Balaban J connectivity index is 0.000000162. The van der Waals surface area contributed by atoms with E-state index < -0.39 is 0 Å². The molecule has 0 saturated carbocycles. The van der Waals surface area contributed by atoms with E-state index in [2.05, 4.69) is 13.8 Å². The van der Waals surface area contributed by atoms with Crippen molar-refractivity contribution in [2.75, 3.05) is 0 Å². The fourth-order valence-corrected chi connectivity index (χ4v) is 4.21. The highest BCUT2D eigenvalue weighted by atomic mass is 16.3. The predicted octanol–water partition coefficient (Wildman–Crippen LogP) is 7.22. The highest BCUT2D eigenvalue weighted by Gasteiger charge is 2.26. The molecule has 0 aliphatic rings. The second-order valence-electron chi connectivity index (χ2n) is 8.69. The average molecular weight is 453 g/mol. The van der Waals surface area contributed by atoms with Gasteiger partial charge < -0.3 is 20.4 Å². The van der Waals surface area contributed by atoms with Crippen molar-refractivity contribution in [1.82, 2.24) is 0 Å². The molecule has 5 aromatic rings. The van der Waals surface area contributed by atoms with Crippen LogP contribution < -0.4 is 0 Å². The van der Waals surface area contributed by atoms with Crippen LogP contribution in [-0.4, -0.2) is 20.4 Å². The van der Waals surface area contributed by atoms with Crippen molar-refractivity contribution < 1.29 is 20.4 Å². The van der Waals surface area contributed by atoms with Gasteiger partial charge in [0.15, 0.2) is 0 Å². The number of fused-ring (bicyclic) bond motifs is 2. The fraction of sp³-hybridized carbons (Fsp3) is 0.133. The summed E-state index contributed by atoms with van der Waals surface area (Å²) in [5.74, 6) is 1.10. The quantitative estimate of drug-likeness (QED) is 0.218. The third-order valence-corrected chi connectivity index (χ3v) is 6.48. The van der Waals surface area contributed by atoms with Gasteiger partial charge in [-0.05, 0) is 99.8 Å². The fourth-order valence-electron chi connectivity index (χ4n) is 4.21. The van der Waals surface area contributed by atoms with Crippen molar-refractivity contribution in [3.8, 4) is 23.0 Å². The summed E-state index contributed by atoms with van der Waals surface area (Å²) in [5, 5.41) is 41.7. The zero-order valence-corrected chi connectivity index (χ0v) is 19.2. The molecule has 0 saturated heterocycles. The summed E-state index contributed by atoms with van der Waals surface area (Å²) in [6, 6.07) is 29.2. The van der Waals surface area contributed by atoms with E-state index in [0.717, 1.165) is 39.1 Å². The van der Waals surface area contributed by atoms with Gasteiger partial charge >= 0.3 is 0 Å². The van der Waals surface area contributed by atoms with Gasteiger partial charge in [0.25, 0.3) is 0 Å². The first-order valence-electron chi connectivity index (χ1n) is 11.2. The Bertz CT molecular complexity index is 1310. The zero-order chi connectivity index (χ0) is 24.3. The molecule has 0 aliphatic heterocycles. The standard InChI is InChI=1S/C16H18O2.C14H10O2/c1-3-16(2,12-4-8-14(17)9-5-12)13-6-10-15(18)11-7-13;15-13-3-1-9-5-12-8-14(16)4-2-10(12)6-11(9)7-13/h4-11,17-18H,3H2,1-2H3;1-8,15-16H. The van der Waals surface area contributed by atoms with Gasteiger partial charge in [-0.25, -0.2) is 0 Å². The van der Waals surface area contributed by atoms with E-state index in [1.807, 2.05) is 48.5 Å². The number of rotatable bonds is 3. The van der Waals surface area contributed by atoms with E-state index in [1.165, 1.54) is 0 Å². The number of hydrogen-bond acceptors (Lipinski definition) is 4. The van der Waals surface area contributed by atoms with E-state index >= 15 is 0 Å². The highest BCUT2D eigenvalue weighted by molar-refractivity contribution is 5.99. The molecule has 0 aliphatic carbocycles. The summed E-state index contributed by atoms with van der Waals surface area (Å²) >= 11 is 0. The van der Waals surface area contributed by atoms with Gasteiger partial charge in [-0.1, -0.05) is 50.2 Å². The molecular weight excluding hydrogens is 424 g/mol. The van der Waals surface area contributed by atoms with E-state index in [1.54, 1.807) is 48.5 Å². The van der Waals surface area contributed by atoms with E-state index in [9.17, 15) is 20.4 Å². The minimum atomic E-state index is -0.110. The SMILES string of the molecule is CCC(C)(c1ccc(O)cc1)c1ccc(O)cc1.Oc1ccc2cc3cc(O)ccc3cc2c1. The van der Waals surface area contributed by atoms with E-state index in [-0.39, 0.29) is 28.4 Å². The van der Waals surface area contributed by atoms with Gasteiger partial charge in [-0.15, -0.1) is 0 Å². The van der Waals surface area contributed by atoms with Gasteiger partial charge in [-0.3, -0.25) is 0 Å². The smallest absolute Gasteiger partial charge is 0.116 e. The molecule has 34 heavy (non-hydrogen) atoms. The molecule has 0 radical (unpaired) electrons. The Labute approximate surface area is 199 Å². The van der Waals surface area contributed by atoms with Crippen LogP contribution in [0.4, 0.5) is 0 Å². The lowest BCUT2D eigenvalue weighted by Crippen LogP contribution is -2.22. The van der Waals surface area contributed by atoms with Crippen molar-refractivity contribution in [2.45, 2.75) is 25.7 Å². The highest BCUT2D eigenvalue weighted by Crippen LogP contribution is 2.36. The molecule has 0 spiro atoms. The molecule has 0 fully saturated rings. The van der Waals surface area contributed by atoms with Crippen LogP contribution in [0.2, 0.25) is 0 Å². The van der Waals surface area contributed by atoms with Crippen LogP contribution in [0.25, 0.3) is 21.5 Å². The largest absolute Gasteiger partial charge is 0.508 e. The lowest BCUT2D eigenvalue weighted by atomic mass is 9.74. The lowest BCUT2D eigenvalue weighted by Gasteiger charge is -2.29. The van der Waals surface area contributed by atoms with Crippen LogP contribution in [0.15, 0.2) is 97.1 Å². The van der Waals surface area contributed by atoms with Gasteiger partial charge in [0.05, 0.1) is 0 Å². The van der Waals surface area contributed by atoms with Crippen LogP contribution in [0, 0.1) is 0 Å². The Morgan fingerprint density at radius 3 is 1.18 bits per heavy atom. The van der Waals surface area contributed by atoms with Crippen molar-refractivity contribution in [1.29, 1.82) is 0 Å². The maximum absolute atomic E-state index is 9.41. The van der Waals surface area contributed by atoms with Crippen LogP contribution in [0.1, 0.15) is 31.4 Å². The van der Waals surface area contributed by atoms with Crippen molar-refractivity contribution in [3.63, 3.8) is 0 Å². The minimum Gasteiger partial charge on any atom is -0.508 e. The van der Waals surface area contributed by atoms with Gasteiger partial charge in [0.2, 0.25) is 0 Å². The summed E-state index contributed by atoms with van der Waals surface area (Å²) in [4.78, 5) is 0.